The molecule has 1 aliphatic heterocycles. The van der Waals surface area contributed by atoms with Crippen molar-refractivity contribution in [1.82, 2.24) is 0 Å². The summed E-state index contributed by atoms with van der Waals surface area (Å²) in [7, 11) is 0. The molecule has 4 aliphatic rings. The van der Waals surface area contributed by atoms with Crippen LogP contribution in [0.3, 0.4) is 0 Å². The topological polar surface area (TPSA) is 12.4 Å². The fraction of sp³-hybridized carbons (Fsp3) is 0.211. The molecule has 0 saturated heterocycles. The van der Waals surface area contributed by atoms with Crippen LogP contribution in [-0.4, -0.2) is 5.71 Å². The fourth-order valence-electron chi connectivity index (χ4n) is 2.77. The van der Waals surface area contributed by atoms with Crippen LogP contribution in [-0.2, 0) is 0 Å². The minimum atomic E-state index is 0.477. The summed E-state index contributed by atoms with van der Waals surface area (Å²) in [5.74, 6) is 1.05. The monoisotopic (exact) mass is 261 g/mol. The molecule has 1 heteroatoms. The summed E-state index contributed by atoms with van der Waals surface area (Å²) in [6, 6.07) is 0. The largest absolute Gasteiger partial charge is 0.260 e. The van der Waals surface area contributed by atoms with Gasteiger partial charge in [0.15, 0.2) is 0 Å². The van der Waals surface area contributed by atoms with E-state index in [0.29, 0.717) is 11.8 Å². The first-order chi connectivity index (χ1) is 9.75. The van der Waals surface area contributed by atoms with Gasteiger partial charge in [0.2, 0.25) is 0 Å². The molecule has 0 aromatic carbocycles. The van der Waals surface area contributed by atoms with Gasteiger partial charge in [-0.05, 0) is 36.6 Å². The summed E-state index contributed by atoms with van der Waals surface area (Å²) in [6.07, 6.45) is 23.4. The summed E-state index contributed by atoms with van der Waals surface area (Å²) >= 11 is 0. The molecular formula is C19H19N. The number of fused-ring (bicyclic) bond motifs is 2. The van der Waals surface area contributed by atoms with E-state index in [1.165, 1.54) is 22.4 Å². The lowest BCUT2D eigenvalue weighted by molar-refractivity contribution is 0.985. The molecule has 100 valence electrons. The smallest absolute Gasteiger partial charge is 0.0513 e. The highest BCUT2D eigenvalue weighted by Gasteiger charge is 2.18. The number of rotatable bonds is 0. The number of nitrogens with zero attached hydrogens (tertiary/aromatic N) is 1. The van der Waals surface area contributed by atoms with Crippen LogP contribution in [0.15, 0.2) is 88.7 Å². The first kappa shape index (κ1) is 12.9. The van der Waals surface area contributed by atoms with Crippen LogP contribution in [0.1, 0.15) is 13.8 Å². The molecule has 0 fully saturated rings. The molecule has 0 radical (unpaired) electrons. The maximum Gasteiger partial charge on any atom is 0.0513 e. The minimum absolute atomic E-state index is 0.477. The molecule has 2 unspecified atom stereocenters. The van der Waals surface area contributed by atoms with Gasteiger partial charge in [-0.15, -0.1) is 0 Å². The van der Waals surface area contributed by atoms with Crippen molar-refractivity contribution in [3.63, 3.8) is 0 Å². The van der Waals surface area contributed by atoms with E-state index in [0.717, 1.165) is 0 Å². The normalized spacial score (nSPS) is 27.9. The second-order valence-corrected chi connectivity index (χ2v) is 5.42. The van der Waals surface area contributed by atoms with Gasteiger partial charge < -0.3 is 0 Å². The van der Waals surface area contributed by atoms with Gasteiger partial charge in [-0.3, -0.25) is 4.99 Å². The molecule has 4 rings (SSSR count). The van der Waals surface area contributed by atoms with E-state index < -0.39 is 0 Å². The van der Waals surface area contributed by atoms with Crippen molar-refractivity contribution in [2.45, 2.75) is 13.8 Å². The average molecular weight is 261 g/mol. The number of aliphatic imine (C=N–C) groups is 1. The summed E-state index contributed by atoms with van der Waals surface area (Å²) in [4.78, 5) is 4.26. The number of hydrogen-bond donors (Lipinski definition) is 0. The van der Waals surface area contributed by atoms with Gasteiger partial charge in [0.05, 0.1) is 5.71 Å². The Morgan fingerprint density at radius 1 is 0.900 bits per heavy atom. The van der Waals surface area contributed by atoms with Crippen molar-refractivity contribution in [2.75, 3.05) is 0 Å². The van der Waals surface area contributed by atoms with E-state index in [4.69, 9.17) is 0 Å². The summed E-state index contributed by atoms with van der Waals surface area (Å²) in [5, 5.41) is 0. The van der Waals surface area contributed by atoms with E-state index in [2.05, 4.69) is 73.5 Å². The van der Waals surface area contributed by atoms with Gasteiger partial charge in [0.1, 0.15) is 0 Å². The highest BCUT2D eigenvalue weighted by atomic mass is 14.7. The molecule has 0 bridgehead atoms. The lowest BCUT2D eigenvalue weighted by Gasteiger charge is -2.12. The lowest BCUT2D eigenvalue weighted by Crippen LogP contribution is -2.08. The minimum Gasteiger partial charge on any atom is -0.260 e. The first-order valence-electron chi connectivity index (χ1n) is 7.09. The van der Waals surface area contributed by atoms with Crippen molar-refractivity contribution >= 4 is 5.71 Å². The second kappa shape index (κ2) is 5.46. The Morgan fingerprint density at radius 2 is 1.70 bits per heavy atom. The highest BCUT2D eigenvalue weighted by molar-refractivity contribution is 6.03. The molecule has 2 atom stereocenters. The maximum absolute atomic E-state index is 4.26. The average Bonchev–Trinajstić information content (AvgIpc) is 3.08. The first-order valence-corrected chi connectivity index (χ1v) is 7.09. The third kappa shape index (κ3) is 2.44. The molecule has 0 saturated carbocycles. The van der Waals surface area contributed by atoms with Crippen molar-refractivity contribution < 1.29 is 0 Å². The van der Waals surface area contributed by atoms with Crippen LogP contribution in [0.25, 0.3) is 0 Å². The molecule has 1 nitrogen and oxygen atoms in total. The van der Waals surface area contributed by atoms with Gasteiger partial charge in [0.25, 0.3) is 0 Å². The van der Waals surface area contributed by atoms with Crippen LogP contribution in [0, 0.1) is 11.8 Å². The second-order valence-electron chi connectivity index (χ2n) is 5.42. The molecule has 0 aromatic heterocycles. The number of hydrogen-bond acceptors (Lipinski definition) is 1. The molecule has 20 heavy (non-hydrogen) atoms. The van der Waals surface area contributed by atoms with Crippen LogP contribution in [0.2, 0.25) is 0 Å². The zero-order chi connectivity index (χ0) is 13.9. The van der Waals surface area contributed by atoms with Crippen molar-refractivity contribution in [3.05, 3.63) is 83.7 Å². The van der Waals surface area contributed by atoms with Crippen molar-refractivity contribution in [1.29, 1.82) is 0 Å². The highest BCUT2D eigenvalue weighted by Crippen LogP contribution is 2.29. The molecular weight excluding hydrogens is 242 g/mol. The Labute approximate surface area is 120 Å². The van der Waals surface area contributed by atoms with Crippen molar-refractivity contribution in [3.8, 4) is 0 Å². The van der Waals surface area contributed by atoms with Crippen LogP contribution in [0.5, 0.6) is 0 Å². The summed E-state index contributed by atoms with van der Waals surface area (Å²) in [5.41, 5.74) is 5.38. The van der Waals surface area contributed by atoms with Crippen LogP contribution < -0.4 is 0 Å². The van der Waals surface area contributed by atoms with Gasteiger partial charge in [-0.2, -0.15) is 0 Å². The number of allylic oxidation sites excluding steroid dienone is 13. The van der Waals surface area contributed by atoms with E-state index in [9.17, 15) is 0 Å². The van der Waals surface area contributed by atoms with Crippen LogP contribution in [0.4, 0.5) is 0 Å². The Kier molecular flexibility index (Phi) is 3.51. The molecule has 0 aromatic rings. The Hall–Kier alpha value is -2.15. The van der Waals surface area contributed by atoms with E-state index >= 15 is 0 Å². The molecule has 0 spiro atoms. The van der Waals surface area contributed by atoms with Crippen molar-refractivity contribution in [2.24, 2.45) is 16.8 Å². The SMILES string of the molecule is CC1=CC=CC2C=CC=C12.CC1=CN=C2C=CC=CC12. The standard InChI is InChI=1S/C10H10.C9H9N/c1-8-4-2-5-9-6-3-7-10(8)9;1-7-6-10-9-5-3-2-4-8(7)9/h2-7,9H,1H3;2-6,8H,1H3. The van der Waals surface area contributed by atoms with Gasteiger partial charge in [-0.25, -0.2) is 0 Å². The van der Waals surface area contributed by atoms with E-state index in [-0.39, 0.29) is 0 Å². The Bertz CT molecular complexity index is 645. The van der Waals surface area contributed by atoms with E-state index in [1.807, 2.05) is 12.3 Å². The Balaban J connectivity index is 0.000000121. The van der Waals surface area contributed by atoms with Crippen LogP contribution >= 0.6 is 0 Å². The summed E-state index contributed by atoms with van der Waals surface area (Å²) < 4.78 is 0. The quantitative estimate of drug-likeness (QED) is 0.599. The predicted octanol–water partition coefficient (Wildman–Crippen LogP) is 4.70. The molecule has 0 N–H and O–H groups in total. The van der Waals surface area contributed by atoms with Gasteiger partial charge in [-0.1, -0.05) is 54.7 Å². The lowest BCUT2D eigenvalue weighted by atomic mass is 9.92. The van der Waals surface area contributed by atoms with E-state index in [1.54, 1.807) is 0 Å². The summed E-state index contributed by atoms with van der Waals surface area (Å²) in [6.45, 7) is 4.28. The third-order valence-electron chi connectivity index (χ3n) is 3.98. The fourth-order valence-corrected chi connectivity index (χ4v) is 2.77. The predicted molar refractivity (Wildman–Crippen MR) is 86.6 cm³/mol. The zero-order valence-electron chi connectivity index (χ0n) is 12.0. The molecule has 3 aliphatic carbocycles. The van der Waals surface area contributed by atoms with Gasteiger partial charge >= 0.3 is 0 Å². The molecule has 0 amide bonds. The third-order valence-corrected chi connectivity index (χ3v) is 3.98. The maximum atomic E-state index is 4.26. The zero-order valence-corrected chi connectivity index (χ0v) is 12.0. The Morgan fingerprint density at radius 3 is 2.45 bits per heavy atom. The molecule has 1 heterocycles. The van der Waals surface area contributed by atoms with Gasteiger partial charge in [0, 0.05) is 18.0 Å².